The van der Waals surface area contributed by atoms with Gasteiger partial charge in [0.1, 0.15) is 5.54 Å². The highest BCUT2D eigenvalue weighted by atomic mass is 16.5. The van der Waals surface area contributed by atoms with Crippen LogP contribution in [0, 0.1) is 0 Å². The summed E-state index contributed by atoms with van der Waals surface area (Å²) in [4.78, 5) is 14.1. The van der Waals surface area contributed by atoms with Gasteiger partial charge in [0.15, 0.2) is 0 Å². The maximum Gasteiger partial charge on any atom is 0.325 e. The normalized spacial score (nSPS) is 30.8. The van der Waals surface area contributed by atoms with E-state index in [1.807, 2.05) is 27.7 Å². The number of hydrogen-bond donors (Lipinski definition) is 0. The van der Waals surface area contributed by atoms with Crippen LogP contribution in [0.25, 0.3) is 0 Å². The van der Waals surface area contributed by atoms with E-state index < -0.39 is 5.54 Å². The monoisotopic (exact) mass is 229 g/mol. The van der Waals surface area contributed by atoms with Gasteiger partial charge in [-0.05, 0) is 27.2 Å². The van der Waals surface area contributed by atoms with Crippen molar-refractivity contribution in [2.45, 2.75) is 51.9 Å². The van der Waals surface area contributed by atoms with Crippen molar-refractivity contribution in [3.8, 4) is 0 Å². The molecule has 0 aliphatic carbocycles. The molecule has 94 valence electrons. The molecule has 0 radical (unpaired) electrons. The van der Waals surface area contributed by atoms with Crippen LogP contribution in [-0.2, 0) is 14.3 Å². The van der Waals surface area contributed by atoms with E-state index in [1.54, 1.807) is 0 Å². The number of carbonyl (C=O) groups excluding carboxylic acids is 1. The molecule has 0 aromatic heterocycles. The van der Waals surface area contributed by atoms with E-state index in [1.165, 1.54) is 7.11 Å². The van der Waals surface area contributed by atoms with Crippen LogP contribution in [0.5, 0.6) is 0 Å². The molecular formula is C12H23NO3. The average Bonchev–Trinajstić information content (AvgIpc) is 2.25. The number of methoxy groups -OCH3 is 1. The van der Waals surface area contributed by atoms with Gasteiger partial charge in [0.25, 0.3) is 0 Å². The smallest absolute Gasteiger partial charge is 0.325 e. The van der Waals surface area contributed by atoms with Gasteiger partial charge in [0, 0.05) is 13.1 Å². The van der Waals surface area contributed by atoms with Crippen molar-refractivity contribution >= 4 is 5.97 Å². The molecule has 4 nitrogen and oxygen atoms in total. The second-order valence-electron chi connectivity index (χ2n) is 4.78. The molecule has 0 aromatic rings. The van der Waals surface area contributed by atoms with Gasteiger partial charge in [0.2, 0.25) is 0 Å². The van der Waals surface area contributed by atoms with Gasteiger partial charge in [-0.25, -0.2) is 0 Å². The largest absolute Gasteiger partial charge is 0.468 e. The Hall–Kier alpha value is -0.610. The number of rotatable bonds is 3. The standard InChI is InChI=1S/C12H23NO3/c1-6-12(4,11(14)15-5)13-7-9(2)16-10(3)8-13/h9-10H,6-8H2,1-5H3/t9-,10-,12-/m1/s1. The second kappa shape index (κ2) is 5.15. The first kappa shape index (κ1) is 13.5. The van der Waals surface area contributed by atoms with E-state index in [9.17, 15) is 4.79 Å². The van der Waals surface area contributed by atoms with Crippen LogP contribution in [0.2, 0.25) is 0 Å². The fourth-order valence-electron chi connectivity index (χ4n) is 2.30. The molecule has 0 bridgehead atoms. The van der Waals surface area contributed by atoms with Crippen LogP contribution in [0.3, 0.4) is 0 Å². The number of nitrogens with zero attached hydrogens (tertiary/aromatic N) is 1. The first-order valence-corrected chi connectivity index (χ1v) is 5.93. The SMILES string of the molecule is CC[C@](C)(C(=O)OC)N1C[C@@H](C)O[C@H](C)C1. The molecule has 1 aliphatic rings. The molecule has 16 heavy (non-hydrogen) atoms. The van der Waals surface area contributed by atoms with Crippen LogP contribution < -0.4 is 0 Å². The molecule has 1 heterocycles. The molecule has 0 amide bonds. The van der Waals surface area contributed by atoms with Crippen LogP contribution in [0.1, 0.15) is 34.1 Å². The zero-order valence-corrected chi connectivity index (χ0v) is 10.9. The third-order valence-corrected chi connectivity index (χ3v) is 3.43. The lowest BCUT2D eigenvalue weighted by atomic mass is 9.94. The zero-order valence-electron chi connectivity index (χ0n) is 10.9. The van der Waals surface area contributed by atoms with E-state index in [2.05, 4.69) is 4.90 Å². The minimum atomic E-state index is -0.527. The Balaban J connectivity index is 2.83. The van der Waals surface area contributed by atoms with Gasteiger partial charge < -0.3 is 9.47 Å². The minimum Gasteiger partial charge on any atom is -0.468 e. The average molecular weight is 229 g/mol. The lowest BCUT2D eigenvalue weighted by molar-refractivity contribution is -0.163. The zero-order chi connectivity index (χ0) is 12.3. The Kier molecular flexibility index (Phi) is 4.33. The molecule has 0 aromatic carbocycles. The van der Waals surface area contributed by atoms with Crippen molar-refractivity contribution < 1.29 is 14.3 Å². The van der Waals surface area contributed by atoms with E-state index >= 15 is 0 Å². The fourth-order valence-corrected chi connectivity index (χ4v) is 2.30. The number of esters is 1. The summed E-state index contributed by atoms with van der Waals surface area (Å²) in [6.07, 6.45) is 1.08. The summed E-state index contributed by atoms with van der Waals surface area (Å²) in [5.74, 6) is -0.156. The Morgan fingerprint density at radius 1 is 1.44 bits per heavy atom. The number of hydrogen-bond acceptors (Lipinski definition) is 4. The van der Waals surface area contributed by atoms with Gasteiger partial charge in [-0.1, -0.05) is 6.92 Å². The predicted octanol–water partition coefficient (Wildman–Crippen LogP) is 1.44. The molecule has 0 spiro atoms. The van der Waals surface area contributed by atoms with Crippen molar-refractivity contribution in [2.75, 3.05) is 20.2 Å². The van der Waals surface area contributed by atoms with E-state index in [4.69, 9.17) is 9.47 Å². The summed E-state index contributed by atoms with van der Waals surface area (Å²) in [6.45, 7) is 9.60. The third-order valence-electron chi connectivity index (χ3n) is 3.43. The van der Waals surface area contributed by atoms with Crippen molar-refractivity contribution in [1.29, 1.82) is 0 Å². The molecule has 1 rings (SSSR count). The highest BCUT2D eigenvalue weighted by Gasteiger charge is 2.41. The summed E-state index contributed by atoms with van der Waals surface area (Å²) >= 11 is 0. The molecule has 1 fully saturated rings. The molecule has 0 N–H and O–H groups in total. The quantitative estimate of drug-likeness (QED) is 0.686. The van der Waals surface area contributed by atoms with Crippen LogP contribution in [0.15, 0.2) is 0 Å². The first-order valence-electron chi connectivity index (χ1n) is 5.93. The predicted molar refractivity (Wildman–Crippen MR) is 62.3 cm³/mol. The van der Waals surface area contributed by atoms with Crippen LogP contribution >= 0.6 is 0 Å². The van der Waals surface area contributed by atoms with E-state index in [-0.39, 0.29) is 18.2 Å². The molecule has 0 saturated carbocycles. The number of carbonyl (C=O) groups is 1. The van der Waals surface area contributed by atoms with Gasteiger partial charge in [-0.2, -0.15) is 0 Å². The lowest BCUT2D eigenvalue weighted by Crippen LogP contribution is -2.59. The molecule has 0 unspecified atom stereocenters. The summed E-state index contributed by atoms with van der Waals surface area (Å²) in [7, 11) is 1.45. The number of ether oxygens (including phenoxy) is 2. The Bertz CT molecular complexity index is 247. The van der Waals surface area contributed by atoms with Crippen molar-refractivity contribution in [3.63, 3.8) is 0 Å². The minimum absolute atomic E-state index is 0.156. The van der Waals surface area contributed by atoms with E-state index in [0.29, 0.717) is 0 Å². The Morgan fingerprint density at radius 2 is 1.94 bits per heavy atom. The van der Waals surface area contributed by atoms with Gasteiger partial charge in [-0.3, -0.25) is 9.69 Å². The van der Waals surface area contributed by atoms with E-state index in [0.717, 1.165) is 19.5 Å². The topological polar surface area (TPSA) is 38.8 Å². The Labute approximate surface area is 97.9 Å². The molecule has 3 atom stereocenters. The third kappa shape index (κ3) is 2.55. The highest BCUT2D eigenvalue weighted by Crippen LogP contribution is 2.25. The van der Waals surface area contributed by atoms with Crippen molar-refractivity contribution in [1.82, 2.24) is 4.90 Å². The maximum absolute atomic E-state index is 11.9. The fraction of sp³-hybridized carbons (Fsp3) is 0.917. The van der Waals surface area contributed by atoms with Gasteiger partial charge in [0.05, 0.1) is 19.3 Å². The molecular weight excluding hydrogens is 206 g/mol. The van der Waals surface area contributed by atoms with Crippen molar-refractivity contribution in [2.24, 2.45) is 0 Å². The van der Waals surface area contributed by atoms with Crippen LogP contribution in [0.4, 0.5) is 0 Å². The van der Waals surface area contributed by atoms with Crippen LogP contribution in [-0.4, -0.2) is 48.8 Å². The second-order valence-corrected chi connectivity index (χ2v) is 4.78. The lowest BCUT2D eigenvalue weighted by Gasteiger charge is -2.44. The summed E-state index contributed by atoms with van der Waals surface area (Å²) in [5, 5.41) is 0. The summed E-state index contributed by atoms with van der Waals surface area (Å²) in [5.41, 5.74) is -0.527. The van der Waals surface area contributed by atoms with Gasteiger partial charge >= 0.3 is 5.97 Å². The maximum atomic E-state index is 11.9. The molecule has 1 aliphatic heterocycles. The molecule has 4 heteroatoms. The first-order chi connectivity index (χ1) is 7.43. The van der Waals surface area contributed by atoms with Gasteiger partial charge in [-0.15, -0.1) is 0 Å². The summed E-state index contributed by atoms with van der Waals surface area (Å²) in [6, 6.07) is 0. The number of morpholine rings is 1. The highest BCUT2D eigenvalue weighted by molar-refractivity contribution is 5.80. The van der Waals surface area contributed by atoms with Crippen molar-refractivity contribution in [3.05, 3.63) is 0 Å². The Morgan fingerprint density at radius 3 is 2.31 bits per heavy atom. The molecule has 1 saturated heterocycles. The summed E-state index contributed by atoms with van der Waals surface area (Å²) < 4.78 is 10.6.